The fourth-order valence-electron chi connectivity index (χ4n) is 8.13. The Kier molecular flexibility index (Phi) is 7.34. The second kappa shape index (κ2) is 12.4. The number of hydrogen-bond acceptors (Lipinski definition) is 3. The largest absolute Gasteiger partial charge is 0.311 e. The summed E-state index contributed by atoms with van der Waals surface area (Å²) < 4.78 is 2.36. The standard InChI is InChI=1S/C50H38N4/c1-50(2,3)49-46(51-47-42-21-9-7-17-38(42)39-18-8-10-22-43(39)48(47)52-49)33-25-27-35(28-26-33)53(34-15-5-4-6-16-34)36-29-31-37(32-30-36)54-44-23-13-11-19-40(44)41-20-12-14-24-45(41)54/h4-32H,1-3H3. The molecule has 0 aliphatic rings. The number of para-hydroxylation sites is 3. The van der Waals surface area contributed by atoms with Gasteiger partial charge in [-0.2, -0.15) is 0 Å². The minimum absolute atomic E-state index is 0.226. The van der Waals surface area contributed by atoms with E-state index < -0.39 is 0 Å². The lowest BCUT2D eigenvalue weighted by molar-refractivity contribution is 0.571. The van der Waals surface area contributed by atoms with Gasteiger partial charge in [0, 0.05) is 55.3 Å². The molecule has 10 rings (SSSR count). The number of benzene rings is 8. The van der Waals surface area contributed by atoms with Crippen LogP contribution in [0, 0.1) is 0 Å². The molecule has 0 aliphatic heterocycles. The zero-order valence-corrected chi connectivity index (χ0v) is 30.5. The molecule has 54 heavy (non-hydrogen) atoms. The van der Waals surface area contributed by atoms with E-state index in [0.717, 1.165) is 61.5 Å². The third-order valence-electron chi connectivity index (χ3n) is 10.6. The highest BCUT2D eigenvalue weighted by Gasteiger charge is 2.25. The summed E-state index contributed by atoms with van der Waals surface area (Å²) in [6.07, 6.45) is 0. The molecule has 0 aliphatic carbocycles. The van der Waals surface area contributed by atoms with Crippen LogP contribution in [0.3, 0.4) is 0 Å². The summed E-state index contributed by atoms with van der Waals surface area (Å²) in [5, 5.41) is 7.18. The molecular weight excluding hydrogens is 657 g/mol. The SMILES string of the molecule is CC(C)(C)c1nc2c3ccccc3c3ccccc3c2nc1-c1ccc(N(c2ccccc2)c2ccc(-n3c4ccccc4c4ccccc43)cc2)cc1. The van der Waals surface area contributed by atoms with Gasteiger partial charge in [0.25, 0.3) is 0 Å². The van der Waals surface area contributed by atoms with Crippen LogP contribution >= 0.6 is 0 Å². The first-order valence-corrected chi connectivity index (χ1v) is 18.6. The summed E-state index contributed by atoms with van der Waals surface area (Å²) in [7, 11) is 0. The quantitative estimate of drug-likeness (QED) is 0.168. The first-order valence-electron chi connectivity index (χ1n) is 18.6. The summed E-state index contributed by atoms with van der Waals surface area (Å²) in [6, 6.07) is 62.7. The van der Waals surface area contributed by atoms with Crippen LogP contribution in [0.4, 0.5) is 17.1 Å². The van der Waals surface area contributed by atoms with Crippen molar-refractivity contribution in [1.29, 1.82) is 0 Å². The van der Waals surface area contributed by atoms with E-state index in [9.17, 15) is 0 Å². The third-order valence-corrected chi connectivity index (χ3v) is 10.6. The van der Waals surface area contributed by atoms with Gasteiger partial charge in [-0.3, -0.25) is 0 Å². The molecule has 0 fully saturated rings. The maximum absolute atomic E-state index is 5.48. The van der Waals surface area contributed by atoms with Crippen molar-refractivity contribution in [2.75, 3.05) is 4.90 Å². The Balaban J connectivity index is 1.10. The average molecular weight is 695 g/mol. The predicted molar refractivity (Wildman–Crippen MR) is 228 cm³/mol. The van der Waals surface area contributed by atoms with E-state index in [1.54, 1.807) is 0 Å². The van der Waals surface area contributed by atoms with Crippen molar-refractivity contribution < 1.29 is 0 Å². The molecule has 0 N–H and O–H groups in total. The van der Waals surface area contributed by atoms with E-state index in [-0.39, 0.29) is 5.41 Å². The Morgan fingerprint density at radius 1 is 0.407 bits per heavy atom. The maximum Gasteiger partial charge on any atom is 0.0979 e. The van der Waals surface area contributed by atoms with Crippen LogP contribution < -0.4 is 4.90 Å². The van der Waals surface area contributed by atoms with E-state index in [4.69, 9.17) is 9.97 Å². The van der Waals surface area contributed by atoms with Gasteiger partial charge in [0.1, 0.15) is 0 Å². The van der Waals surface area contributed by atoms with E-state index in [1.165, 1.54) is 32.6 Å². The number of nitrogens with zero attached hydrogens (tertiary/aromatic N) is 4. The Hall–Kier alpha value is -6.78. The molecule has 0 atom stereocenters. The van der Waals surface area contributed by atoms with Gasteiger partial charge in [-0.1, -0.05) is 136 Å². The monoisotopic (exact) mass is 694 g/mol. The van der Waals surface area contributed by atoms with Crippen molar-refractivity contribution >= 4 is 71.4 Å². The van der Waals surface area contributed by atoms with Crippen LogP contribution in [0.5, 0.6) is 0 Å². The zero-order valence-electron chi connectivity index (χ0n) is 30.5. The molecule has 0 unspecified atom stereocenters. The highest BCUT2D eigenvalue weighted by molar-refractivity contribution is 6.23. The van der Waals surface area contributed by atoms with E-state index in [2.05, 4.69) is 206 Å². The summed E-state index contributed by atoms with van der Waals surface area (Å²) in [5.74, 6) is 0. The van der Waals surface area contributed by atoms with Gasteiger partial charge < -0.3 is 9.47 Å². The molecule has 0 bridgehead atoms. The van der Waals surface area contributed by atoms with E-state index in [0.29, 0.717) is 0 Å². The highest BCUT2D eigenvalue weighted by Crippen LogP contribution is 2.41. The fraction of sp³-hybridized carbons (Fsp3) is 0.0800. The van der Waals surface area contributed by atoms with Gasteiger partial charge >= 0.3 is 0 Å². The zero-order chi connectivity index (χ0) is 36.4. The van der Waals surface area contributed by atoms with Crippen LogP contribution in [-0.4, -0.2) is 14.5 Å². The summed E-state index contributed by atoms with van der Waals surface area (Å²) in [6.45, 7) is 6.68. The predicted octanol–water partition coefficient (Wildman–Crippen LogP) is 13.5. The van der Waals surface area contributed by atoms with Gasteiger partial charge in [0.05, 0.1) is 33.5 Å². The Morgan fingerprint density at radius 3 is 1.37 bits per heavy atom. The molecule has 0 saturated heterocycles. The van der Waals surface area contributed by atoms with Gasteiger partial charge in [-0.25, -0.2) is 9.97 Å². The first kappa shape index (κ1) is 31.9. The van der Waals surface area contributed by atoms with Gasteiger partial charge in [-0.15, -0.1) is 0 Å². The second-order valence-corrected chi connectivity index (χ2v) is 15.1. The minimum Gasteiger partial charge on any atom is -0.311 e. The molecule has 4 nitrogen and oxygen atoms in total. The van der Waals surface area contributed by atoms with Crippen molar-refractivity contribution in [2.24, 2.45) is 0 Å². The lowest BCUT2D eigenvalue weighted by atomic mass is 9.87. The smallest absolute Gasteiger partial charge is 0.0979 e. The van der Waals surface area contributed by atoms with Crippen LogP contribution in [0.2, 0.25) is 0 Å². The number of fused-ring (bicyclic) bond motifs is 9. The van der Waals surface area contributed by atoms with Crippen molar-refractivity contribution in [3.05, 3.63) is 182 Å². The first-order chi connectivity index (χ1) is 26.4. The van der Waals surface area contributed by atoms with Crippen molar-refractivity contribution in [3.8, 4) is 16.9 Å². The van der Waals surface area contributed by atoms with Crippen molar-refractivity contribution in [2.45, 2.75) is 26.2 Å². The summed E-state index contributed by atoms with van der Waals surface area (Å²) in [4.78, 5) is 13.2. The maximum atomic E-state index is 5.48. The van der Waals surface area contributed by atoms with Crippen LogP contribution in [0.25, 0.3) is 71.3 Å². The topological polar surface area (TPSA) is 34.0 Å². The molecule has 4 heteroatoms. The molecule has 0 radical (unpaired) electrons. The number of rotatable bonds is 5. The number of aromatic nitrogens is 3. The lowest BCUT2D eigenvalue weighted by Gasteiger charge is -2.26. The normalized spacial score (nSPS) is 12.0. The molecule has 258 valence electrons. The lowest BCUT2D eigenvalue weighted by Crippen LogP contribution is -2.17. The van der Waals surface area contributed by atoms with Crippen LogP contribution in [-0.2, 0) is 5.41 Å². The fourth-order valence-corrected chi connectivity index (χ4v) is 8.13. The van der Waals surface area contributed by atoms with E-state index in [1.807, 2.05) is 0 Å². The molecule has 10 aromatic rings. The molecule has 0 amide bonds. The molecule has 0 saturated carbocycles. The van der Waals surface area contributed by atoms with Gasteiger partial charge in [0.2, 0.25) is 0 Å². The molecule has 8 aromatic carbocycles. The Bertz CT molecular complexity index is 2950. The van der Waals surface area contributed by atoms with Gasteiger partial charge in [0.15, 0.2) is 0 Å². The Morgan fingerprint density at radius 2 is 0.833 bits per heavy atom. The number of anilines is 3. The van der Waals surface area contributed by atoms with Crippen LogP contribution in [0.15, 0.2) is 176 Å². The molecule has 0 spiro atoms. The summed E-state index contributed by atoms with van der Waals surface area (Å²) in [5.41, 5.74) is 11.4. The molecular formula is C50H38N4. The minimum atomic E-state index is -0.226. The molecule has 2 aromatic heterocycles. The van der Waals surface area contributed by atoms with Gasteiger partial charge in [-0.05, 0) is 71.4 Å². The van der Waals surface area contributed by atoms with Crippen molar-refractivity contribution in [3.63, 3.8) is 0 Å². The number of hydrogen-bond donors (Lipinski definition) is 0. The third kappa shape index (κ3) is 5.14. The highest BCUT2D eigenvalue weighted by atomic mass is 15.1. The Labute approximate surface area is 314 Å². The average Bonchev–Trinajstić information content (AvgIpc) is 3.56. The van der Waals surface area contributed by atoms with Crippen LogP contribution in [0.1, 0.15) is 26.5 Å². The van der Waals surface area contributed by atoms with E-state index >= 15 is 0 Å². The van der Waals surface area contributed by atoms with Crippen molar-refractivity contribution in [1.82, 2.24) is 14.5 Å². The second-order valence-electron chi connectivity index (χ2n) is 15.1. The molecule has 2 heterocycles. The summed E-state index contributed by atoms with van der Waals surface area (Å²) >= 11 is 0.